The van der Waals surface area contributed by atoms with Gasteiger partial charge in [-0.3, -0.25) is 0 Å². The van der Waals surface area contributed by atoms with Gasteiger partial charge in [0.2, 0.25) is 5.88 Å². The summed E-state index contributed by atoms with van der Waals surface area (Å²) >= 11 is 3.33. The maximum absolute atomic E-state index is 5.57. The summed E-state index contributed by atoms with van der Waals surface area (Å²) in [6.07, 6.45) is 4.07. The van der Waals surface area contributed by atoms with Gasteiger partial charge in [0.15, 0.2) is 0 Å². The summed E-state index contributed by atoms with van der Waals surface area (Å²) in [5, 5.41) is 0. The van der Waals surface area contributed by atoms with Crippen molar-refractivity contribution in [2.75, 3.05) is 6.61 Å². The zero-order valence-corrected chi connectivity index (χ0v) is 10.3. The van der Waals surface area contributed by atoms with Crippen LogP contribution in [-0.4, -0.2) is 11.6 Å². The predicted octanol–water partition coefficient (Wildman–Crippen LogP) is 3.66. The lowest BCUT2D eigenvalue weighted by molar-refractivity contribution is 0.232. The van der Waals surface area contributed by atoms with Crippen LogP contribution in [0.2, 0.25) is 0 Å². The number of rotatable bonds is 5. The third-order valence-electron chi connectivity index (χ3n) is 2.32. The normalized spacial score (nSPS) is 10.6. The van der Waals surface area contributed by atoms with Gasteiger partial charge in [0.1, 0.15) is 0 Å². The van der Waals surface area contributed by atoms with E-state index < -0.39 is 0 Å². The number of ether oxygens (including phenoxy) is 1. The van der Waals surface area contributed by atoms with Crippen molar-refractivity contribution >= 4 is 15.9 Å². The first-order valence-electron chi connectivity index (χ1n) is 5.00. The van der Waals surface area contributed by atoms with Crippen LogP contribution in [0.5, 0.6) is 5.88 Å². The maximum Gasteiger partial charge on any atom is 0.213 e. The molecule has 0 atom stereocenters. The number of pyridine rings is 1. The topological polar surface area (TPSA) is 22.1 Å². The molecule has 0 aliphatic carbocycles. The van der Waals surface area contributed by atoms with Crippen molar-refractivity contribution in [3.8, 4) is 5.88 Å². The third kappa shape index (κ3) is 3.66. The van der Waals surface area contributed by atoms with Gasteiger partial charge >= 0.3 is 0 Å². The Morgan fingerprint density at radius 2 is 2.07 bits per heavy atom. The molecule has 0 saturated carbocycles. The Morgan fingerprint density at radius 3 is 2.57 bits per heavy atom. The van der Waals surface area contributed by atoms with Gasteiger partial charge < -0.3 is 4.74 Å². The van der Waals surface area contributed by atoms with Crippen molar-refractivity contribution in [3.63, 3.8) is 0 Å². The largest absolute Gasteiger partial charge is 0.477 e. The molecule has 1 heterocycles. The van der Waals surface area contributed by atoms with E-state index in [1.807, 2.05) is 12.1 Å². The molecular formula is C11H16BrNO. The van der Waals surface area contributed by atoms with Gasteiger partial charge in [-0.15, -0.1) is 0 Å². The van der Waals surface area contributed by atoms with Crippen LogP contribution in [0.1, 0.15) is 26.7 Å². The molecule has 0 aliphatic heterocycles. The average Bonchev–Trinajstić information content (AvgIpc) is 2.22. The first-order valence-corrected chi connectivity index (χ1v) is 5.79. The van der Waals surface area contributed by atoms with Gasteiger partial charge in [0, 0.05) is 16.7 Å². The Kier molecular flexibility index (Phi) is 4.94. The van der Waals surface area contributed by atoms with E-state index >= 15 is 0 Å². The van der Waals surface area contributed by atoms with E-state index in [1.165, 1.54) is 0 Å². The summed E-state index contributed by atoms with van der Waals surface area (Å²) in [4.78, 5) is 4.15. The zero-order chi connectivity index (χ0) is 10.4. The molecule has 0 aromatic carbocycles. The van der Waals surface area contributed by atoms with Crippen molar-refractivity contribution in [2.45, 2.75) is 26.7 Å². The molecule has 1 aromatic heterocycles. The van der Waals surface area contributed by atoms with Crippen molar-refractivity contribution in [2.24, 2.45) is 5.92 Å². The van der Waals surface area contributed by atoms with E-state index in [-0.39, 0.29) is 0 Å². The van der Waals surface area contributed by atoms with Gasteiger partial charge in [0.05, 0.1) is 6.61 Å². The molecule has 0 saturated heterocycles. The molecule has 0 spiro atoms. The summed E-state index contributed by atoms with van der Waals surface area (Å²) < 4.78 is 6.55. The van der Waals surface area contributed by atoms with Crippen LogP contribution >= 0.6 is 15.9 Å². The fourth-order valence-electron chi connectivity index (χ4n) is 1.18. The number of hydrogen-bond acceptors (Lipinski definition) is 2. The Hall–Kier alpha value is -0.570. The molecule has 2 nitrogen and oxygen atoms in total. The molecule has 0 N–H and O–H groups in total. The SMILES string of the molecule is CCC(CC)COc1ccc(Br)cn1. The minimum absolute atomic E-state index is 0.639. The van der Waals surface area contributed by atoms with E-state index in [0.717, 1.165) is 23.9 Å². The van der Waals surface area contributed by atoms with E-state index in [4.69, 9.17) is 4.74 Å². The monoisotopic (exact) mass is 257 g/mol. The molecule has 0 amide bonds. The predicted molar refractivity (Wildman–Crippen MR) is 61.5 cm³/mol. The van der Waals surface area contributed by atoms with Crippen LogP contribution in [0.4, 0.5) is 0 Å². The third-order valence-corrected chi connectivity index (χ3v) is 2.79. The van der Waals surface area contributed by atoms with Crippen LogP contribution in [-0.2, 0) is 0 Å². The van der Waals surface area contributed by atoms with Crippen LogP contribution in [0.3, 0.4) is 0 Å². The number of hydrogen-bond donors (Lipinski definition) is 0. The van der Waals surface area contributed by atoms with E-state index in [0.29, 0.717) is 11.8 Å². The molecule has 0 radical (unpaired) electrons. The lowest BCUT2D eigenvalue weighted by Gasteiger charge is -2.12. The highest BCUT2D eigenvalue weighted by Crippen LogP contribution is 2.14. The molecule has 1 rings (SSSR count). The van der Waals surface area contributed by atoms with Gasteiger partial charge in [-0.25, -0.2) is 4.98 Å². The second kappa shape index (κ2) is 6.02. The molecule has 3 heteroatoms. The average molecular weight is 258 g/mol. The summed E-state index contributed by atoms with van der Waals surface area (Å²) in [5.74, 6) is 1.35. The lowest BCUT2D eigenvalue weighted by atomic mass is 10.1. The Labute approximate surface area is 93.8 Å². The van der Waals surface area contributed by atoms with E-state index in [9.17, 15) is 0 Å². The smallest absolute Gasteiger partial charge is 0.213 e. The second-order valence-electron chi connectivity index (χ2n) is 3.31. The Morgan fingerprint density at radius 1 is 1.36 bits per heavy atom. The Balaban J connectivity index is 2.41. The number of aromatic nitrogens is 1. The summed E-state index contributed by atoms with van der Waals surface area (Å²) in [7, 11) is 0. The van der Waals surface area contributed by atoms with Crippen molar-refractivity contribution in [1.82, 2.24) is 4.98 Å². The maximum atomic E-state index is 5.57. The summed E-state index contributed by atoms with van der Waals surface area (Å²) in [6, 6.07) is 3.82. The molecule has 0 fully saturated rings. The highest BCUT2D eigenvalue weighted by atomic mass is 79.9. The zero-order valence-electron chi connectivity index (χ0n) is 8.66. The van der Waals surface area contributed by atoms with E-state index in [2.05, 4.69) is 34.8 Å². The van der Waals surface area contributed by atoms with Crippen LogP contribution in [0.15, 0.2) is 22.8 Å². The highest BCUT2D eigenvalue weighted by molar-refractivity contribution is 9.10. The minimum atomic E-state index is 0.639. The fraction of sp³-hybridized carbons (Fsp3) is 0.545. The fourth-order valence-corrected chi connectivity index (χ4v) is 1.41. The number of halogens is 1. The van der Waals surface area contributed by atoms with Crippen molar-refractivity contribution in [3.05, 3.63) is 22.8 Å². The van der Waals surface area contributed by atoms with Gasteiger partial charge in [-0.2, -0.15) is 0 Å². The van der Waals surface area contributed by atoms with Crippen LogP contribution < -0.4 is 4.74 Å². The summed E-state index contributed by atoms with van der Waals surface area (Å²) in [6.45, 7) is 5.14. The second-order valence-corrected chi connectivity index (χ2v) is 4.22. The molecule has 0 bridgehead atoms. The quantitative estimate of drug-likeness (QED) is 0.804. The molecule has 14 heavy (non-hydrogen) atoms. The molecule has 1 aromatic rings. The first-order chi connectivity index (χ1) is 6.76. The summed E-state index contributed by atoms with van der Waals surface area (Å²) in [5.41, 5.74) is 0. The van der Waals surface area contributed by atoms with Crippen molar-refractivity contribution in [1.29, 1.82) is 0 Å². The molecule has 78 valence electrons. The minimum Gasteiger partial charge on any atom is -0.477 e. The van der Waals surface area contributed by atoms with Gasteiger partial charge in [-0.1, -0.05) is 26.7 Å². The molecular weight excluding hydrogens is 242 g/mol. The lowest BCUT2D eigenvalue weighted by Crippen LogP contribution is -2.10. The molecule has 0 aliphatic rings. The first kappa shape index (κ1) is 11.5. The van der Waals surface area contributed by atoms with E-state index in [1.54, 1.807) is 6.20 Å². The van der Waals surface area contributed by atoms with Gasteiger partial charge in [0.25, 0.3) is 0 Å². The standard InChI is InChI=1S/C11H16BrNO/c1-3-9(4-2)8-14-11-6-5-10(12)7-13-11/h5-7,9H,3-4,8H2,1-2H3. The van der Waals surface area contributed by atoms with Crippen molar-refractivity contribution < 1.29 is 4.74 Å². The van der Waals surface area contributed by atoms with Crippen LogP contribution in [0.25, 0.3) is 0 Å². The van der Waals surface area contributed by atoms with Gasteiger partial charge in [-0.05, 0) is 27.9 Å². The van der Waals surface area contributed by atoms with Crippen LogP contribution in [0, 0.1) is 5.92 Å². The highest BCUT2D eigenvalue weighted by Gasteiger charge is 2.04. The number of nitrogens with zero attached hydrogens (tertiary/aromatic N) is 1. The Bertz CT molecular complexity index is 256. The molecule has 0 unspecified atom stereocenters.